The van der Waals surface area contributed by atoms with E-state index in [0.717, 1.165) is 56.0 Å². The summed E-state index contributed by atoms with van der Waals surface area (Å²) in [6.45, 7) is 4.53. The zero-order chi connectivity index (χ0) is 21.5. The van der Waals surface area contributed by atoms with Crippen molar-refractivity contribution in [2.75, 3.05) is 39.3 Å². The number of benzene rings is 1. The van der Waals surface area contributed by atoms with Crippen LogP contribution in [0.15, 0.2) is 46.3 Å². The van der Waals surface area contributed by atoms with Crippen LogP contribution in [0, 0.1) is 0 Å². The van der Waals surface area contributed by atoms with Gasteiger partial charge in [-0.25, -0.2) is 0 Å². The normalized spacial score (nSPS) is 14.8. The fraction of sp³-hybridized carbons (Fsp3) is 0.409. The molecule has 31 heavy (non-hydrogen) atoms. The second kappa shape index (κ2) is 10.9. The van der Waals surface area contributed by atoms with Crippen molar-refractivity contribution >= 4 is 28.8 Å². The lowest BCUT2D eigenvalue weighted by Crippen LogP contribution is -2.49. The highest BCUT2D eigenvalue weighted by molar-refractivity contribution is 7.13. The van der Waals surface area contributed by atoms with Gasteiger partial charge in [-0.15, -0.1) is 11.3 Å². The van der Waals surface area contributed by atoms with Gasteiger partial charge in [-0.05, 0) is 36.0 Å². The quantitative estimate of drug-likeness (QED) is 0.484. The minimum absolute atomic E-state index is 0.0265. The van der Waals surface area contributed by atoms with Gasteiger partial charge >= 0.3 is 0 Å². The highest BCUT2D eigenvalue weighted by atomic mass is 35.5. The summed E-state index contributed by atoms with van der Waals surface area (Å²) in [5, 5.41) is 6.71. The van der Waals surface area contributed by atoms with E-state index in [1.807, 2.05) is 46.7 Å². The molecule has 1 aliphatic rings. The van der Waals surface area contributed by atoms with Crippen molar-refractivity contribution < 1.29 is 14.1 Å². The molecule has 3 heterocycles. The molecule has 0 atom stereocenters. The van der Waals surface area contributed by atoms with Crippen molar-refractivity contribution in [2.45, 2.75) is 19.4 Å². The summed E-state index contributed by atoms with van der Waals surface area (Å²) in [4.78, 5) is 22.1. The highest BCUT2D eigenvalue weighted by Crippen LogP contribution is 2.21. The number of hydrogen-bond acceptors (Lipinski definition) is 7. The summed E-state index contributed by atoms with van der Waals surface area (Å²) in [5.74, 6) is 1.36. The molecule has 0 radical (unpaired) electrons. The van der Waals surface area contributed by atoms with Gasteiger partial charge in [0.25, 0.3) is 0 Å². The Morgan fingerprint density at radius 1 is 1.16 bits per heavy atom. The first-order chi connectivity index (χ1) is 15.2. The Kier molecular flexibility index (Phi) is 7.69. The van der Waals surface area contributed by atoms with Crippen LogP contribution < -0.4 is 0 Å². The number of nitrogens with zero attached hydrogens (tertiary/aromatic N) is 4. The molecular weight excluding hydrogens is 436 g/mol. The summed E-state index contributed by atoms with van der Waals surface area (Å²) >= 11 is 7.72. The topological polar surface area (TPSA) is 71.7 Å². The lowest BCUT2D eigenvalue weighted by atomic mass is 10.2. The van der Waals surface area contributed by atoms with Crippen molar-refractivity contribution in [1.29, 1.82) is 0 Å². The fourth-order valence-corrected chi connectivity index (χ4v) is 4.33. The molecule has 9 heteroatoms. The van der Waals surface area contributed by atoms with E-state index in [4.69, 9.17) is 20.9 Å². The highest BCUT2D eigenvalue weighted by Gasteiger charge is 2.21. The monoisotopic (exact) mass is 460 g/mol. The van der Waals surface area contributed by atoms with Crippen LogP contribution in [0.25, 0.3) is 10.7 Å². The van der Waals surface area contributed by atoms with Crippen molar-refractivity contribution in [1.82, 2.24) is 19.9 Å². The van der Waals surface area contributed by atoms with Gasteiger partial charge in [-0.1, -0.05) is 41.0 Å². The molecule has 2 aromatic heterocycles. The zero-order valence-electron chi connectivity index (χ0n) is 17.2. The van der Waals surface area contributed by atoms with Gasteiger partial charge < -0.3 is 14.2 Å². The smallest absolute Gasteiger partial charge is 0.248 e. The average molecular weight is 461 g/mol. The average Bonchev–Trinajstić information content (AvgIpc) is 3.47. The predicted molar refractivity (Wildman–Crippen MR) is 120 cm³/mol. The molecule has 1 aliphatic heterocycles. The first kappa shape index (κ1) is 22.0. The van der Waals surface area contributed by atoms with Crippen LogP contribution in [0.1, 0.15) is 17.9 Å². The molecule has 3 aromatic rings. The molecule has 7 nitrogen and oxygen atoms in total. The Morgan fingerprint density at radius 3 is 2.77 bits per heavy atom. The number of amides is 1. The molecule has 0 N–H and O–H groups in total. The third kappa shape index (κ3) is 6.13. The number of halogens is 1. The van der Waals surface area contributed by atoms with E-state index in [-0.39, 0.29) is 12.5 Å². The van der Waals surface area contributed by atoms with Crippen LogP contribution in [-0.2, 0) is 22.6 Å². The number of rotatable bonds is 9. The van der Waals surface area contributed by atoms with Gasteiger partial charge in [-0.3, -0.25) is 9.69 Å². The van der Waals surface area contributed by atoms with Crippen molar-refractivity contribution in [2.24, 2.45) is 0 Å². The fourth-order valence-electron chi connectivity index (χ4n) is 3.49. The third-order valence-corrected chi connectivity index (χ3v) is 6.48. The van der Waals surface area contributed by atoms with E-state index >= 15 is 0 Å². The van der Waals surface area contributed by atoms with E-state index in [1.54, 1.807) is 11.3 Å². The molecule has 0 unspecified atom stereocenters. The molecule has 1 fully saturated rings. The Balaban J connectivity index is 1.12. The first-order valence-corrected chi connectivity index (χ1v) is 11.6. The van der Waals surface area contributed by atoms with E-state index in [9.17, 15) is 4.79 Å². The molecule has 0 spiro atoms. The van der Waals surface area contributed by atoms with Crippen LogP contribution >= 0.6 is 22.9 Å². The molecule has 0 saturated carbocycles. The number of carbonyl (C=O) groups excluding carboxylic acids is 1. The minimum Gasteiger partial charge on any atom is -0.367 e. The number of piperazine rings is 1. The number of aromatic nitrogens is 2. The van der Waals surface area contributed by atoms with Crippen LogP contribution in [-0.4, -0.2) is 65.2 Å². The lowest BCUT2D eigenvalue weighted by Gasteiger charge is -2.34. The van der Waals surface area contributed by atoms with Crippen molar-refractivity contribution in [3.8, 4) is 10.7 Å². The number of aryl methyl sites for hydroxylation is 1. The molecular formula is C22H25ClN4O3S. The minimum atomic E-state index is 0.0265. The predicted octanol–water partition coefficient (Wildman–Crippen LogP) is 3.75. The summed E-state index contributed by atoms with van der Waals surface area (Å²) in [5.41, 5.74) is 0.894. The van der Waals surface area contributed by atoms with Crippen LogP contribution in [0.3, 0.4) is 0 Å². The second-order valence-corrected chi connectivity index (χ2v) is 8.75. The summed E-state index contributed by atoms with van der Waals surface area (Å²) < 4.78 is 10.9. The van der Waals surface area contributed by atoms with E-state index in [0.29, 0.717) is 23.3 Å². The molecule has 1 saturated heterocycles. The van der Waals surface area contributed by atoms with E-state index in [1.165, 1.54) is 0 Å². The Labute approximate surface area is 190 Å². The van der Waals surface area contributed by atoms with E-state index in [2.05, 4.69) is 15.0 Å². The maximum Gasteiger partial charge on any atom is 0.248 e. The summed E-state index contributed by atoms with van der Waals surface area (Å²) in [7, 11) is 0. The molecule has 4 rings (SSSR count). The summed E-state index contributed by atoms with van der Waals surface area (Å²) in [6.07, 6.45) is 1.70. The maximum atomic E-state index is 12.4. The van der Waals surface area contributed by atoms with E-state index < -0.39 is 0 Å². The van der Waals surface area contributed by atoms with Crippen LogP contribution in [0.4, 0.5) is 0 Å². The molecule has 1 aromatic carbocycles. The van der Waals surface area contributed by atoms with Gasteiger partial charge in [0.15, 0.2) is 0 Å². The standard InChI is InChI=1S/C22H25ClN4O3S/c23-18-6-2-1-5-17(18)15-29-16-21(28)27-12-10-26(11-13-27)9-3-8-20-24-22(25-30-20)19-7-4-14-31-19/h1-2,4-7,14H,3,8-13,15-16H2. The maximum absolute atomic E-state index is 12.4. The SMILES string of the molecule is O=C(COCc1ccccc1Cl)N1CCN(CCCc2nc(-c3cccs3)no2)CC1. The Bertz CT molecular complexity index is 971. The van der Waals surface area contributed by atoms with Crippen LogP contribution in [0.5, 0.6) is 0 Å². The van der Waals surface area contributed by atoms with Gasteiger partial charge in [0, 0.05) is 37.6 Å². The number of carbonyl (C=O) groups is 1. The number of thiophene rings is 1. The molecule has 1 amide bonds. The van der Waals surface area contributed by atoms with Gasteiger partial charge in [0.2, 0.25) is 17.6 Å². The first-order valence-electron chi connectivity index (χ1n) is 10.4. The zero-order valence-corrected chi connectivity index (χ0v) is 18.8. The number of hydrogen-bond donors (Lipinski definition) is 0. The molecule has 0 bridgehead atoms. The third-order valence-electron chi connectivity index (χ3n) is 5.24. The molecule has 0 aliphatic carbocycles. The van der Waals surface area contributed by atoms with Gasteiger partial charge in [0.1, 0.15) is 6.61 Å². The van der Waals surface area contributed by atoms with Gasteiger partial charge in [-0.2, -0.15) is 4.98 Å². The number of ether oxygens (including phenoxy) is 1. The van der Waals surface area contributed by atoms with Crippen molar-refractivity contribution in [3.63, 3.8) is 0 Å². The lowest BCUT2D eigenvalue weighted by molar-refractivity contribution is -0.138. The summed E-state index contributed by atoms with van der Waals surface area (Å²) in [6, 6.07) is 11.5. The van der Waals surface area contributed by atoms with Crippen molar-refractivity contribution in [3.05, 3.63) is 58.3 Å². The van der Waals surface area contributed by atoms with Crippen LogP contribution in [0.2, 0.25) is 5.02 Å². The van der Waals surface area contributed by atoms with Gasteiger partial charge in [0.05, 0.1) is 11.5 Å². The largest absolute Gasteiger partial charge is 0.367 e. The Morgan fingerprint density at radius 2 is 2.00 bits per heavy atom. The molecule has 164 valence electrons. The second-order valence-electron chi connectivity index (χ2n) is 7.40. The Hall–Kier alpha value is -2.26.